The molecule has 1 N–H and O–H groups in total. The van der Waals surface area contributed by atoms with Gasteiger partial charge in [0.25, 0.3) is 0 Å². The van der Waals surface area contributed by atoms with E-state index in [2.05, 4.69) is 40.2 Å². The largest absolute Gasteiger partial charge is 0.508 e. The van der Waals surface area contributed by atoms with E-state index >= 15 is 0 Å². The number of halogens is 1. The number of ether oxygens (including phenoxy) is 1. The fourth-order valence-electron chi connectivity index (χ4n) is 4.72. The third-order valence-corrected chi connectivity index (χ3v) is 6.62. The number of aromatic hydroxyl groups is 1. The van der Waals surface area contributed by atoms with Crippen molar-refractivity contribution in [3.8, 4) is 16.9 Å². The maximum Gasteiger partial charge on any atom is 0.409 e. The number of rotatable bonds is 3. The average Bonchev–Trinajstić information content (AvgIpc) is 3.35. The van der Waals surface area contributed by atoms with Crippen LogP contribution in [0.1, 0.15) is 34.9 Å². The minimum Gasteiger partial charge on any atom is -0.508 e. The van der Waals surface area contributed by atoms with Gasteiger partial charge in [0.1, 0.15) is 12.4 Å². The molecule has 1 aliphatic heterocycles. The molecule has 1 amide bonds. The van der Waals surface area contributed by atoms with Gasteiger partial charge in [-0.25, -0.2) is 4.79 Å². The molecule has 1 heterocycles. The van der Waals surface area contributed by atoms with Crippen molar-refractivity contribution in [3.05, 3.63) is 87.9 Å². The van der Waals surface area contributed by atoms with Crippen molar-refractivity contribution in [2.45, 2.75) is 18.3 Å². The first-order chi connectivity index (χ1) is 14.6. The number of carbonyl (C=O) groups is 1. The summed E-state index contributed by atoms with van der Waals surface area (Å²) in [5.41, 5.74) is 5.93. The Morgan fingerprint density at radius 1 is 1.03 bits per heavy atom. The molecule has 3 aromatic rings. The SMILES string of the molecule is O=C(OCC1c2ccccc2-c2ccccc21)N1CCC(c2cc(O)cc(Br)c2)C1. The molecular formula is C25H22BrNO3. The first-order valence-corrected chi connectivity index (χ1v) is 11.0. The van der Waals surface area contributed by atoms with E-state index in [1.54, 1.807) is 17.0 Å². The third kappa shape index (κ3) is 3.47. The molecule has 0 saturated carbocycles. The van der Waals surface area contributed by atoms with Crippen LogP contribution in [0, 0.1) is 0 Å². The molecule has 5 rings (SSSR count). The molecule has 2 aliphatic rings. The predicted molar refractivity (Wildman–Crippen MR) is 120 cm³/mol. The Hall–Kier alpha value is -2.79. The van der Waals surface area contributed by atoms with Gasteiger partial charge in [-0.2, -0.15) is 0 Å². The molecule has 1 aliphatic carbocycles. The second kappa shape index (κ2) is 7.80. The van der Waals surface area contributed by atoms with E-state index in [4.69, 9.17) is 4.74 Å². The van der Waals surface area contributed by atoms with Gasteiger partial charge in [-0.05, 0) is 52.4 Å². The van der Waals surface area contributed by atoms with E-state index in [-0.39, 0.29) is 23.7 Å². The van der Waals surface area contributed by atoms with Crippen molar-refractivity contribution < 1.29 is 14.6 Å². The van der Waals surface area contributed by atoms with E-state index < -0.39 is 0 Å². The summed E-state index contributed by atoms with van der Waals surface area (Å²) in [7, 11) is 0. The summed E-state index contributed by atoms with van der Waals surface area (Å²) in [5, 5.41) is 9.86. The fourth-order valence-corrected chi connectivity index (χ4v) is 5.21. The molecule has 5 heteroatoms. The van der Waals surface area contributed by atoms with Gasteiger partial charge in [0.05, 0.1) is 0 Å². The molecule has 3 aromatic carbocycles. The van der Waals surface area contributed by atoms with Crippen molar-refractivity contribution >= 4 is 22.0 Å². The monoisotopic (exact) mass is 463 g/mol. The molecule has 0 spiro atoms. The lowest BCUT2D eigenvalue weighted by molar-refractivity contribution is 0.107. The summed E-state index contributed by atoms with van der Waals surface area (Å²) in [5.74, 6) is 0.509. The van der Waals surface area contributed by atoms with Gasteiger partial charge in [-0.3, -0.25) is 0 Å². The van der Waals surface area contributed by atoms with Gasteiger partial charge in [-0.15, -0.1) is 0 Å². The highest BCUT2D eigenvalue weighted by atomic mass is 79.9. The van der Waals surface area contributed by atoms with E-state index in [9.17, 15) is 9.90 Å². The number of likely N-dealkylation sites (tertiary alicyclic amines) is 1. The van der Waals surface area contributed by atoms with Gasteiger partial charge < -0.3 is 14.7 Å². The van der Waals surface area contributed by atoms with Gasteiger partial charge in [0, 0.05) is 29.4 Å². The average molecular weight is 464 g/mol. The van der Waals surface area contributed by atoms with Crippen LogP contribution in [0.2, 0.25) is 0 Å². The molecular weight excluding hydrogens is 442 g/mol. The topological polar surface area (TPSA) is 49.8 Å². The zero-order valence-electron chi connectivity index (χ0n) is 16.4. The number of phenols is 1. The van der Waals surface area contributed by atoms with Gasteiger partial charge >= 0.3 is 6.09 Å². The van der Waals surface area contributed by atoms with Crippen LogP contribution in [0.15, 0.2) is 71.2 Å². The quantitative estimate of drug-likeness (QED) is 0.526. The van der Waals surface area contributed by atoms with E-state index in [0.717, 1.165) is 16.5 Å². The second-order valence-corrected chi connectivity index (χ2v) is 8.89. The standard InChI is InChI=1S/C25H22BrNO3/c26-18-11-17(12-19(28)13-18)16-9-10-27(14-16)25(29)30-15-24-22-7-3-1-5-20(22)21-6-2-4-8-23(21)24/h1-8,11-13,16,24,28H,9-10,14-15H2. The molecule has 1 fully saturated rings. The van der Waals surface area contributed by atoms with Gasteiger partial charge in [-0.1, -0.05) is 64.5 Å². The van der Waals surface area contributed by atoms with Crippen molar-refractivity contribution in [1.82, 2.24) is 4.90 Å². The summed E-state index contributed by atoms with van der Waals surface area (Å²) in [6, 6.07) is 22.1. The molecule has 0 bridgehead atoms. The third-order valence-electron chi connectivity index (χ3n) is 6.16. The van der Waals surface area contributed by atoms with Crippen LogP contribution in [0.5, 0.6) is 5.75 Å². The first kappa shape index (κ1) is 19.2. The molecule has 1 unspecified atom stereocenters. The Balaban J connectivity index is 1.27. The van der Waals surface area contributed by atoms with Crippen LogP contribution in [0.25, 0.3) is 11.1 Å². The number of amides is 1. The Bertz CT molecular complexity index is 1050. The molecule has 0 aromatic heterocycles. The number of fused-ring (bicyclic) bond motifs is 3. The lowest BCUT2D eigenvalue weighted by Gasteiger charge is -2.19. The lowest BCUT2D eigenvalue weighted by atomic mass is 9.98. The van der Waals surface area contributed by atoms with Crippen LogP contribution in [-0.4, -0.2) is 35.8 Å². The Morgan fingerprint density at radius 3 is 2.37 bits per heavy atom. The number of carbonyl (C=O) groups excluding carboxylic acids is 1. The van der Waals surface area contributed by atoms with Crippen molar-refractivity contribution in [2.24, 2.45) is 0 Å². The van der Waals surface area contributed by atoms with Crippen LogP contribution in [0.3, 0.4) is 0 Å². The zero-order valence-corrected chi connectivity index (χ0v) is 18.0. The summed E-state index contributed by atoms with van der Waals surface area (Å²) < 4.78 is 6.63. The highest BCUT2D eigenvalue weighted by Gasteiger charge is 2.32. The van der Waals surface area contributed by atoms with Gasteiger partial charge in [0.15, 0.2) is 0 Å². The van der Waals surface area contributed by atoms with Crippen LogP contribution < -0.4 is 0 Å². The Morgan fingerprint density at radius 2 is 1.70 bits per heavy atom. The molecule has 1 atom stereocenters. The predicted octanol–water partition coefficient (Wildman–Crippen LogP) is 5.89. The highest BCUT2D eigenvalue weighted by Crippen LogP contribution is 2.44. The highest BCUT2D eigenvalue weighted by molar-refractivity contribution is 9.10. The minimum atomic E-state index is -0.265. The number of benzene rings is 3. The van der Waals surface area contributed by atoms with Crippen LogP contribution in [0.4, 0.5) is 4.79 Å². The van der Waals surface area contributed by atoms with Crippen LogP contribution >= 0.6 is 15.9 Å². The molecule has 0 radical (unpaired) electrons. The molecule has 4 nitrogen and oxygen atoms in total. The Labute approximate surface area is 184 Å². The van der Waals surface area contributed by atoms with Crippen molar-refractivity contribution in [3.63, 3.8) is 0 Å². The minimum absolute atomic E-state index is 0.0711. The normalized spacial score (nSPS) is 17.6. The smallest absolute Gasteiger partial charge is 0.409 e. The maximum absolute atomic E-state index is 12.8. The molecule has 30 heavy (non-hydrogen) atoms. The van der Waals surface area contributed by atoms with E-state index in [0.29, 0.717) is 19.7 Å². The molecule has 1 saturated heterocycles. The van der Waals surface area contributed by atoms with Crippen LogP contribution in [-0.2, 0) is 4.74 Å². The Kier molecular flexibility index (Phi) is 4.99. The summed E-state index contributed by atoms with van der Waals surface area (Å²) >= 11 is 3.43. The number of hydrogen-bond donors (Lipinski definition) is 1. The van der Waals surface area contributed by atoms with Crippen molar-refractivity contribution in [2.75, 3.05) is 19.7 Å². The molecule has 152 valence electrons. The van der Waals surface area contributed by atoms with Gasteiger partial charge in [0.2, 0.25) is 0 Å². The summed E-state index contributed by atoms with van der Waals surface area (Å²) in [4.78, 5) is 14.6. The maximum atomic E-state index is 12.8. The zero-order chi connectivity index (χ0) is 20.7. The first-order valence-electron chi connectivity index (χ1n) is 10.2. The number of nitrogens with zero attached hydrogens (tertiary/aromatic N) is 1. The van der Waals surface area contributed by atoms with E-state index in [1.165, 1.54) is 22.3 Å². The number of hydrogen-bond acceptors (Lipinski definition) is 3. The summed E-state index contributed by atoms with van der Waals surface area (Å²) in [6.45, 7) is 1.60. The fraction of sp³-hybridized carbons (Fsp3) is 0.240. The summed E-state index contributed by atoms with van der Waals surface area (Å²) in [6.07, 6.45) is 0.596. The number of phenolic OH excluding ortho intramolecular Hbond substituents is 1. The lowest BCUT2D eigenvalue weighted by Crippen LogP contribution is -2.30. The second-order valence-electron chi connectivity index (χ2n) is 7.98. The van der Waals surface area contributed by atoms with Crippen molar-refractivity contribution in [1.29, 1.82) is 0 Å². The van der Waals surface area contributed by atoms with E-state index in [1.807, 2.05) is 30.3 Å².